The van der Waals surface area contributed by atoms with E-state index in [0.29, 0.717) is 37.6 Å². The van der Waals surface area contributed by atoms with E-state index in [2.05, 4.69) is 10.1 Å². The van der Waals surface area contributed by atoms with E-state index in [0.717, 1.165) is 22.3 Å². The number of hydrogen-bond donors (Lipinski definition) is 1. The number of methoxy groups -OCH3 is 1. The van der Waals surface area contributed by atoms with E-state index in [1.54, 1.807) is 23.1 Å². The van der Waals surface area contributed by atoms with E-state index in [1.807, 2.05) is 42.8 Å². The highest BCUT2D eigenvalue weighted by Gasteiger charge is 2.40. The number of rotatable bonds is 3. The smallest absolute Gasteiger partial charge is 0.415 e. The number of aromatic amines is 1. The Morgan fingerprint density at radius 2 is 2.10 bits per heavy atom. The van der Waals surface area contributed by atoms with Gasteiger partial charge in [0.1, 0.15) is 17.0 Å². The molecule has 0 saturated carbocycles. The maximum Gasteiger partial charge on any atom is 0.415 e. The van der Waals surface area contributed by atoms with Crippen LogP contribution in [-0.4, -0.2) is 57.5 Å². The average molecular weight is 409 g/mol. The zero-order valence-corrected chi connectivity index (χ0v) is 17.1. The fourth-order valence-corrected chi connectivity index (χ4v) is 4.11. The summed E-state index contributed by atoms with van der Waals surface area (Å²) in [5, 5.41) is 5.33. The molecule has 1 N–H and O–H groups in total. The summed E-state index contributed by atoms with van der Waals surface area (Å²) in [4.78, 5) is 32.1. The number of carbonyl (C=O) groups is 2. The number of ether oxygens (including phenoxy) is 2. The summed E-state index contributed by atoms with van der Waals surface area (Å²) in [6, 6.07) is 7.49. The molecule has 3 aromatic rings. The molecule has 1 aromatic carbocycles. The first-order valence-corrected chi connectivity index (χ1v) is 9.86. The third-order valence-corrected chi connectivity index (χ3v) is 5.61. The number of cyclic esters (lactones) is 1. The van der Waals surface area contributed by atoms with Gasteiger partial charge < -0.3 is 19.4 Å². The van der Waals surface area contributed by atoms with Crippen LogP contribution in [-0.2, 0) is 17.8 Å². The molecule has 0 radical (unpaired) electrons. The van der Waals surface area contributed by atoms with Crippen LogP contribution in [0.4, 0.5) is 10.5 Å². The van der Waals surface area contributed by atoms with Crippen LogP contribution in [0.2, 0.25) is 0 Å². The lowest BCUT2D eigenvalue weighted by atomic mass is 10.1. The van der Waals surface area contributed by atoms with Crippen molar-refractivity contribution in [1.82, 2.24) is 19.7 Å². The molecular weight excluding hydrogens is 386 g/mol. The van der Waals surface area contributed by atoms with Crippen LogP contribution >= 0.6 is 0 Å². The van der Waals surface area contributed by atoms with E-state index in [9.17, 15) is 9.59 Å². The zero-order chi connectivity index (χ0) is 21.0. The second-order valence-electron chi connectivity index (χ2n) is 8.28. The number of amides is 2. The van der Waals surface area contributed by atoms with Crippen LogP contribution in [0, 0.1) is 0 Å². The summed E-state index contributed by atoms with van der Waals surface area (Å²) in [5.74, 6) is 0.653. The van der Waals surface area contributed by atoms with Gasteiger partial charge in [-0.25, -0.2) is 4.79 Å². The Bertz CT molecular complexity index is 1160. The molecule has 0 aliphatic carbocycles. The molecule has 1 saturated heterocycles. The van der Waals surface area contributed by atoms with Gasteiger partial charge in [-0.05, 0) is 38.1 Å². The van der Waals surface area contributed by atoms with Crippen molar-refractivity contribution in [3.8, 4) is 5.75 Å². The highest BCUT2D eigenvalue weighted by atomic mass is 16.6. The lowest BCUT2D eigenvalue weighted by Crippen LogP contribution is -2.39. The summed E-state index contributed by atoms with van der Waals surface area (Å²) < 4.78 is 12.5. The van der Waals surface area contributed by atoms with Gasteiger partial charge in [-0.2, -0.15) is 5.10 Å². The van der Waals surface area contributed by atoms with Crippen LogP contribution in [0.3, 0.4) is 0 Å². The summed E-state index contributed by atoms with van der Waals surface area (Å²) in [7, 11) is 1.62. The van der Waals surface area contributed by atoms with Gasteiger partial charge in [-0.1, -0.05) is 0 Å². The van der Waals surface area contributed by atoms with Gasteiger partial charge in [-0.15, -0.1) is 0 Å². The number of carbonyl (C=O) groups excluding carboxylic acids is 2. The van der Waals surface area contributed by atoms with Crippen molar-refractivity contribution in [2.45, 2.75) is 32.5 Å². The van der Waals surface area contributed by atoms with Crippen molar-refractivity contribution in [1.29, 1.82) is 0 Å². The second-order valence-corrected chi connectivity index (χ2v) is 8.28. The SMILES string of the molecule is COc1ccc2[nH]c(C(=O)N3CCn4ncc(N5CC(C)(C)OC5=O)c4C3)cc2c1. The summed E-state index contributed by atoms with van der Waals surface area (Å²) in [6.45, 7) is 5.69. The molecule has 0 bridgehead atoms. The Hall–Kier alpha value is -3.49. The molecule has 5 rings (SSSR count). The minimum atomic E-state index is -0.554. The molecule has 156 valence electrons. The molecule has 4 heterocycles. The van der Waals surface area contributed by atoms with Crippen molar-refractivity contribution >= 4 is 28.6 Å². The number of benzene rings is 1. The topological polar surface area (TPSA) is 92.7 Å². The molecule has 9 heteroatoms. The molecule has 9 nitrogen and oxygen atoms in total. The van der Waals surface area contributed by atoms with Crippen LogP contribution in [0.5, 0.6) is 5.75 Å². The maximum absolute atomic E-state index is 13.2. The molecular formula is C21H23N5O4. The van der Waals surface area contributed by atoms with E-state index in [1.165, 1.54) is 0 Å². The highest BCUT2D eigenvalue weighted by Crippen LogP contribution is 2.32. The largest absolute Gasteiger partial charge is 0.497 e. The van der Waals surface area contributed by atoms with Gasteiger partial charge in [0, 0.05) is 17.4 Å². The standard InChI is InChI=1S/C21H23N5O4/c1-21(2)12-25(20(28)30-21)17-10-22-26-7-6-24(11-18(17)26)19(27)16-9-13-8-14(29-3)4-5-15(13)23-16/h4-5,8-10,23H,6-7,11-12H2,1-3H3. The van der Waals surface area contributed by atoms with Gasteiger partial charge >= 0.3 is 6.09 Å². The van der Waals surface area contributed by atoms with Crippen molar-refractivity contribution in [2.24, 2.45) is 0 Å². The minimum absolute atomic E-state index is 0.0899. The Morgan fingerprint density at radius 3 is 2.83 bits per heavy atom. The molecule has 2 aromatic heterocycles. The van der Waals surface area contributed by atoms with Crippen LogP contribution in [0.1, 0.15) is 30.0 Å². The van der Waals surface area contributed by atoms with E-state index < -0.39 is 5.60 Å². The number of nitrogens with one attached hydrogen (secondary N) is 1. The van der Waals surface area contributed by atoms with Crippen LogP contribution in [0.15, 0.2) is 30.5 Å². The molecule has 2 amide bonds. The second kappa shape index (κ2) is 6.51. The van der Waals surface area contributed by atoms with Crippen molar-refractivity contribution in [2.75, 3.05) is 25.1 Å². The number of H-pyrrole nitrogens is 1. The maximum atomic E-state index is 13.2. The minimum Gasteiger partial charge on any atom is -0.497 e. The molecule has 30 heavy (non-hydrogen) atoms. The summed E-state index contributed by atoms with van der Waals surface area (Å²) in [5.41, 5.74) is 2.38. The number of nitrogens with zero attached hydrogens (tertiary/aromatic N) is 4. The zero-order valence-electron chi connectivity index (χ0n) is 17.1. The summed E-state index contributed by atoms with van der Waals surface area (Å²) >= 11 is 0. The summed E-state index contributed by atoms with van der Waals surface area (Å²) in [6.07, 6.45) is 1.30. The fourth-order valence-electron chi connectivity index (χ4n) is 4.11. The molecule has 0 atom stereocenters. The average Bonchev–Trinajstić information content (AvgIpc) is 3.40. The number of aromatic nitrogens is 3. The fraction of sp³-hybridized carbons (Fsp3) is 0.381. The van der Waals surface area contributed by atoms with Crippen LogP contribution in [0.25, 0.3) is 10.9 Å². The van der Waals surface area contributed by atoms with Crippen molar-refractivity contribution in [3.05, 3.63) is 41.9 Å². The quantitative estimate of drug-likeness (QED) is 0.718. The van der Waals surface area contributed by atoms with E-state index in [-0.39, 0.29) is 12.0 Å². The van der Waals surface area contributed by atoms with Gasteiger partial charge in [0.2, 0.25) is 0 Å². The first-order valence-electron chi connectivity index (χ1n) is 9.86. The van der Waals surface area contributed by atoms with Gasteiger partial charge in [0.25, 0.3) is 5.91 Å². The Balaban J connectivity index is 1.41. The number of anilines is 1. The highest BCUT2D eigenvalue weighted by molar-refractivity contribution is 5.98. The Labute approximate surface area is 173 Å². The van der Waals surface area contributed by atoms with Gasteiger partial charge in [0.05, 0.1) is 44.3 Å². The molecule has 1 fully saturated rings. The van der Waals surface area contributed by atoms with Gasteiger partial charge in [0.15, 0.2) is 0 Å². The number of hydrogen-bond acceptors (Lipinski definition) is 5. The Kier molecular flexibility index (Phi) is 4.02. The lowest BCUT2D eigenvalue weighted by Gasteiger charge is -2.29. The van der Waals surface area contributed by atoms with E-state index >= 15 is 0 Å². The Morgan fingerprint density at radius 1 is 1.27 bits per heavy atom. The molecule has 0 spiro atoms. The van der Waals surface area contributed by atoms with Crippen molar-refractivity contribution in [3.63, 3.8) is 0 Å². The van der Waals surface area contributed by atoms with Crippen LogP contribution < -0.4 is 9.64 Å². The van der Waals surface area contributed by atoms with E-state index in [4.69, 9.17) is 9.47 Å². The first kappa shape index (κ1) is 18.5. The monoisotopic (exact) mass is 409 g/mol. The normalized spacial score (nSPS) is 17.9. The predicted molar refractivity (Wildman–Crippen MR) is 110 cm³/mol. The number of fused-ring (bicyclic) bond motifs is 2. The lowest BCUT2D eigenvalue weighted by molar-refractivity contribution is 0.0701. The van der Waals surface area contributed by atoms with Gasteiger partial charge in [-0.3, -0.25) is 14.4 Å². The molecule has 2 aliphatic rings. The molecule has 0 unspecified atom stereocenters. The van der Waals surface area contributed by atoms with Crippen molar-refractivity contribution < 1.29 is 19.1 Å². The third-order valence-electron chi connectivity index (χ3n) is 5.61. The first-order chi connectivity index (χ1) is 14.3. The molecule has 2 aliphatic heterocycles. The predicted octanol–water partition coefficient (Wildman–Crippen LogP) is 2.76. The third kappa shape index (κ3) is 2.97.